The molecule has 2 amide bonds. The Morgan fingerprint density at radius 3 is 2.39 bits per heavy atom. The maximum atomic E-state index is 12.8. The molecule has 1 aromatic carbocycles. The Hall–Kier alpha value is -1.95. The van der Waals surface area contributed by atoms with Crippen molar-refractivity contribution in [3.05, 3.63) is 35.6 Å². The lowest BCUT2D eigenvalue weighted by Crippen LogP contribution is -2.49. The van der Waals surface area contributed by atoms with Crippen LogP contribution in [-0.2, 0) is 16.0 Å². The molecule has 23 heavy (non-hydrogen) atoms. The van der Waals surface area contributed by atoms with E-state index >= 15 is 0 Å². The maximum absolute atomic E-state index is 12.8. The summed E-state index contributed by atoms with van der Waals surface area (Å²) >= 11 is 0. The molecular formula is C17H24FN3O2. The van der Waals surface area contributed by atoms with Crippen LogP contribution in [0.3, 0.4) is 0 Å². The molecule has 1 aliphatic heterocycles. The van der Waals surface area contributed by atoms with Gasteiger partial charge in [0, 0.05) is 32.7 Å². The third-order valence-corrected chi connectivity index (χ3v) is 4.13. The summed E-state index contributed by atoms with van der Waals surface area (Å²) in [6, 6.07) is 6.19. The van der Waals surface area contributed by atoms with Gasteiger partial charge in [-0.2, -0.15) is 0 Å². The standard InChI is InChI=1S/C17H24FN3O2/c1-2-20-9-11-21(12-10-20)17(23)13-16(22)19-8-7-14-3-5-15(18)6-4-14/h3-6H,2,7-13H2,1H3,(H,19,22). The van der Waals surface area contributed by atoms with Crippen LogP contribution >= 0.6 is 0 Å². The van der Waals surface area contributed by atoms with E-state index in [1.165, 1.54) is 12.1 Å². The Morgan fingerprint density at radius 1 is 1.13 bits per heavy atom. The minimum absolute atomic E-state index is 0.102. The Bertz CT molecular complexity index is 525. The first-order valence-electron chi connectivity index (χ1n) is 8.09. The number of nitrogens with zero attached hydrogens (tertiary/aromatic N) is 2. The second kappa shape index (κ2) is 8.62. The van der Waals surface area contributed by atoms with E-state index in [9.17, 15) is 14.0 Å². The minimum Gasteiger partial charge on any atom is -0.355 e. The minimum atomic E-state index is -0.272. The number of likely N-dealkylation sites (N-methyl/N-ethyl adjacent to an activating group) is 1. The lowest BCUT2D eigenvalue weighted by molar-refractivity contribution is -0.137. The van der Waals surface area contributed by atoms with Crippen LogP contribution in [-0.4, -0.2) is 60.9 Å². The van der Waals surface area contributed by atoms with Crippen molar-refractivity contribution in [2.45, 2.75) is 19.8 Å². The van der Waals surface area contributed by atoms with Gasteiger partial charge in [0.1, 0.15) is 12.2 Å². The molecule has 1 N–H and O–H groups in total. The number of halogens is 1. The zero-order valence-electron chi connectivity index (χ0n) is 13.6. The fourth-order valence-corrected chi connectivity index (χ4v) is 2.62. The van der Waals surface area contributed by atoms with E-state index < -0.39 is 0 Å². The lowest BCUT2D eigenvalue weighted by Gasteiger charge is -2.33. The quantitative estimate of drug-likeness (QED) is 0.797. The van der Waals surface area contributed by atoms with Crippen molar-refractivity contribution in [1.29, 1.82) is 0 Å². The van der Waals surface area contributed by atoms with Crippen molar-refractivity contribution in [3.63, 3.8) is 0 Å². The van der Waals surface area contributed by atoms with E-state index in [1.807, 2.05) is 0 Å². The van der Waals surface area contributed by atoms with Crippen molar-refractivity contribution in [2.75, 3.05) is 39.3 Å². The zero-order chi connectivity index (χ0) is 16.7. The normalized spacial score (nSPS) is 15.5. The fourth-order valence-electron chi connectivity index (χ4n) is 2.62. The molecule has 2 rings (SSSR count). The van der Waals surface area contributed by atoms with E-state index in [1.54, 1.807) is 17.0 Å². The molecule has 0 aromatic heterocycles. The molecule has 1 heterocycles. The summed E-state index contributed by atoms with van der Waals surface area (Å²) in [6.45, 7) is 6.66. The maximum Gasteiger partial charge on any atom is 0.232 e. The number of piperazine rings is 1. The molecule has 6 heteroatoms. The number of hydrogen-bond donors (Lipinski definition) is 1. The molecule has 126 valence electrons. The molecule has 0 aliphatic carbocycles. The van der Waals surface area contributed by atoms with E-state index in [2.05, 4.69) is 17.1 Å². The topological polar surface area (TPSA) is 52.7 Å². The van der Waals surface area contributed by atoms with Crippen LogP contribution < -0.4 is 5.32 Å². The lowest BCUT2D eigenvalue weighted by atomic mass is 10.1. The highest BCUT2D eigenvalue weighted by molar-refractivity contribution is 5.96. The van der Waals surface area contributed by atoms with Gasteiger partial charge in [-0.1, -0.05) is 19.1 Å². The monoisotopic (exact) mass is 321 g/mol. The largest absolute Gasteiger partial charge is 0.355 e. The van der Waals surface area contributed by atoms with Crippen molar-refractivity contribution in [2.24, 2.45) is 0 Å². The van der Waals surface area contributed by atoms with Crippen LogP contribution in [0.1, 0.15) is 18.9 Å². The highest BCUT2D eigenvalue weighted by Gasteiger charge is 2.21. The third-order valence-electron chi connectivity index (χ3n) is 4.13. The van der Waals surface area contributed by atoms with Crippen molar-refractivity contribution >= 4 is 11.8 Å². The predicted molar refractivity (Wildman–Crippen MR) is 86.4 cm³/mol. The summed E-state index contributed by atoms with van der Waals surface area (Å²) in [5, 5.41) is 2.75. The van der Waals surface area contributed by atoms with E-state index in [-0.39, 0.29) is 24.1 Å². The van der Waals surface area contributed by atoms with Gasteiger partial charge in [0.15, 0.2) is 0 Å². The van der Waals surface area contributed by atoms with Gasteiger partial charge in [-0.3, -0.25) is 9.59 Å². The summed E-state index contributed by atoms with van der Waals surface area (Å²) in [4.78, 5) is 28.0. The Morgan fingerprint density at radius 2 is 1.78 bits per heavy atom. The molecular weight excluding hydrogens is 297 g/mol. The van der Waals surface area contributed by atoms with Gasteiger partial charge >= 0.3 is 0 Å². The van der Waals surface area contributed by atoms with Gasteiger partial charge in [-0.05, 0) is 30.7 Å². The summed E-state index contributed by atoms with van der Waals surface area (Å²) in [7, 11) is 0. The van der Waals surface area contributed by atoms with Crippen LogP contribution in [0.2, 0.25) is 0 Å². The molecule has 0 bridgehead atoms. The number of benzene rings is 1. The summed E-state index contributed by atoms with van der Waals surface area (Å²) in [6.07, 6.45) is 0.519. The second-order valence-electron chi connectivity index (χ2n) is 5.72. The summed E-state index contributed by atoms with van der Waals surface area (Å²) in [5.74, 6) is -0.637. The van der Waals surface area contributed by atoms with Crippen molar-refractivity contribution < 1.29 is 14.0 Å². The van der Waals surface area contributed by atoms with Crippen LogP contribution in [0.25, 0.3) is 0 Å². The number of nitrogens with one attached hydrogen (secondary N) is 1. The Balaban J connectivity index is 1.66. The first kappa shape index (κ1) is 17.4. The molecule has 1 aromatic rings. The molecule has 1 aliphatic rings. The molecule has 0 saturated carbocycles. The average Bonchev–Trinajstić information content (AvgIpc) is 2.56. The number of rotatable bonds is 6. The van der Waals surface area contributed by atoms with Crippen molar-refractivity contribution in [1.82, 2.24) is 15.1 Å². The fraction of sp³-hybridized carbons (Fsp3) is 0.529. The molecule has 0 atom stereocenters. The van der Waals surface area contributed by atoms with Crippen LogP contribution in [0.5, 0.6) is 0 Å². The first-order chi connectivity index (χ1) is 11.1. The molecule has 0 spiro atoms. The molecule has 0 unspecified atom stereocenters. The zero-order valence-corrected chi connectivity index (χ0v) is 13.6. The Labute approximate surface area is 136 Å². The number of carbonyl (C=O) groups is 2. The summed E-state index contributed by atoms with van der Waals surface area (Å²) < 4.78 is 12.8. The Kier molecular flexibility index (Phi) is 6.52. The highest BCUT2D eigenvalue weighted by atomic mass is 19.1. The SMILES string of the molecule is CCN1CCN(C(=O)CC(=O)NCCc2ccc(F)cc2)CC1. The third kappa shape index (κ3) is 5.63. The first-order valence-corrected chi connectivity index (χ1v) is 8.09. The molecule has 1 fully saturated rings. The number of amides is 2. The summed E-state index contributed by atoms with van der Waals surface area (Å²) in [5.41, 5.74) is 0.953. The molecule has 5 nitrogen and oxygen atoms in total. The highest BCUT2D eigenvalue weighted by Crippen LogP contribution is 2.04. The van der Waals surface area contributed by atoms with Crippen LogP contribution in [0.4, 0.5) is 4.39 Å². The van der Waals surface area contributed by atoms with Gasteiger partial charge in [-0.25, -0.2) is 4.39 Å². The van der Waals surface area contributed by atoms with Gasteiger partial charge in [0.25, 0.3) is 0 Å². The van der Waals surface area contributed by atoms with Crippen molar-refractivity contribution in [3.8, 4) is 0 Å². The second-order valence-corrected chi connectivity index (χ2v) is 5.72. The van der Waals surface area contributed by atoms with Gasteiger partial charge in [-0.15, -0.1) is 0 Å². The van der Waals surface area contributed by atoms with E-state index in [0.717, 1.165) is 25.2 Å². The number of carbonyl (C=O) groups excluding carboxylic acids is 2. The van der Waals surface area contributed by atoms with Gasteiger partial charge in [0.05, 0.1) is 0 Å². The van der Waals surface area contributed by atoms with Crippen LogP contribution in [0, 0.1) is 5.82 Å². The van der Waals surface area contributed by atoms with Crippen LogP contribution in [0.15, 0.2) is 24.3 Å². The molecule has 0 radical (unpaired) electrons. The van der Waals surface area contributed by atoms with Gasteiger partial charge < -0.3 is 15.1 Å². The van der Waals surface area contributed by atoms with Gasteiger partial charge in [0.2, 0.25) is 11.8 Å². The van der Waals surface area contributed by atoms with E-state index in [4.69, 9.17) is 0 Å². The molecule has 1 saturated heterocycles. The average molecular weight is 321 g/mol. The predicted octanol–water partition coefficient (Wildman–Crippen LogP) is 1.04. The van der Waals surface area contributed by atoms with E-state index in [0.29, 0.717) is 26.1 Å². The number of hydrogen-bond acceptors (Lipinski definition) is 3. The smallest absolute Gasteiger partial charge is 0.232 e.